The van der Waals surface area contributed by atoms with Gasteiger partial charge in [-0.2, -0.15) is 0 Å². The lowest BCUT2D eigenvalue weighted by Crippen LogP contribution is -2.47. The van der Waals surface area contributed by atoms with Crippen LogP contribution in [0.3, 0.4) is 0 Å². The predicted molar refractivity (Wildman–Crippen MR) is 92.6 cm³/mol. The minimum Gasteiger partial charge on any atom is -0.494 e. The quantitative estimate of drug-likeness (QED) is 0.726. The van der Waals surface area contributed by atoms with Gasteiger partial charge >= 0.3 is 0 Å². The number of nitrogens with one attached hydrogen (secondary N) is 2. The third-order valence-electron chi connectivity index (χ3n) is 3.21. The number of aryl methyl sites for hydroxylation is 1. The normalized spacial score (nSPS) is 11.5. The van der Waals surface area contributed by atoms with E-state index in [1.54, 1.807) is 31.2 Å². The second kappa shape index (κ2) is 8.97. The SMILES string of the molecule is CCOc1ccc(OC(C)C(=O)NNC(=O)c2snnc2CC)cc1. The van der Waals surface area contributed by atoms with Crippen LogP contribution in [0.15, 0.2) is 24.3 Å². The Balaban J connectivity index is 1.84. The van der Waals surface area contributed by atoms with E-state index in [2.05, 4.69) is 20.4 Å². The molecule has 0 fully saturated rings. The van der Waals surface area contributed by atoms with Crippen LogP contribution in [0.25, 0.3) is 0 Å². The van der Waals surface area contributed by atoms with Crippen molar-refractivity contribution in [2.24, 2.45) is 0 Å². The summed E-state index contributed by atoms with van der Waals surface area (Å²) in [6.45, 7) is 5.94. The van der Waals surface area contributed by atoms with Crippen molar-refractivity contribution in [1.29, 1.82) is 0 Å². The van der Waals surface area contributed by atoms with Crippen molar-refractivity contribution >= 4 is 23.3 Å². The summed E-state index contributed by atoms with van der Waals surface area (Å²) in [6, 6.07) is 6.94. The lowest BCUT2D eigenvalue weighted by molar-refractivity contribution is -0.128. The fourth-order valence-corrected chi connectivity index (χ4v) is 2.57. The van der Waals surface area contributed by atoms with Crippen molar-refractivity contribution in [2.75, 3.05) is 6.61 Å². The number of ether oxygens (including phenoxy) is 2. The van der Waals surface area contributed by atoms with Crippen LogP contribution >= 0.6 is 11.5 Å². The van der Waals surface area contributed by atoms with E-state index < -0.39 is 17.9 Å². The van der Waals surface area contributed by atoms with Crippen molar-refractivity contribution in [3.8, 4) is 11.5 Å². The number of benzene rings is 1. The molecule has 0 bridgehead atoms. The summed E-state index contributed by atoms with van der Waals surface area (Å²) in [5.41, 5.74) is 5.27. The molecule has 8 nitrogen and oxygen atoms in total. The van der Waals surface area contributed by atoms with Gasteiger partial charge in [-0.25, -0.2) is 0 Å². The molecule has 0 saturated carbocycles. The van der Waals surface area contributed by atoms with Crippen molar-refractivity contribution < 1.29 is 19.1 Å². The Morgan fingerprint density at radius 3 is 2.48 bits per heavy atom. The van der Waals surface area contributed by atoms with E-state index in [4.69, 9.17) is 9.47 Å². The molecule has 2 rings (SSSR count). The molecule has 0 aliphatic carbocycles. The Bertz CT molecular complexity index is 717. The molecule has 0 saturated heterocycles. The highest BCUT2D eigenvalue weighted by atomic mass is 32.1. The van der Waals surface area contributed by atoms with Crippen LogP contribution in [0.5, 0.6) is 11.5 Å². The number of carbonyl (C=O) groups is 2. The predicted octanol–water partition coefficient (Wildman–Crippen LogP) is 1.73. The second-order valence-corrected chi connectivity index (χ2v) is 5.76. The molecule has 0 aliphatic rings. The summed E-state index contributed by atoms with van der Waals surface area (Å²) in [6.07, 6.45) is -0.201. The van der Waals surface area contributed by atoms with Crippen molar-refractivity contribution in [3.63, 3.8) is 0 Å². The van der Waals surface area contributed by atoms with E-state index in [1.165, 1.54) is 0 Å². The molecule has 0 aliphatic heterocycles. The molecular weight excluding hydrogens is 344 g/mol. The highest BCUT2D eigenvalue weighted by molar-refractivity contribution is 7.08. The largest absolute Gasteiger partial charge is 0.494 e. The van der Waals surface area contributed by atoms with Crippen molar-refractivity contribution in [1.82, 2.24) is 20.4 Å². The molecule has 1 aromatic heterocycles. The highest BCUT2D eigenvalue weighted by Gasteiger charge is 2.18. The Kier molecular flexibility index (Phi) is 6.70. The van der Waals surface area contributed by atoms with E-state index in [1.807, 2.05) is 13.8 Å². The minimum atomic E-state index is -0.788. The van der Waals surface area contributed by atoms with Gasteiger partial charge < -0.3 is 9.47 Å². The van der Waals surface area contributed by atoms with E-state index >= 15 is 0 Å². The van der Waals surface area contributed by atoms with Gasteiger partial charge in [-0.15, -0.1) is 5.10 Å². The average molecular weight is 364 g/mol. The van der Waals surface area contributed by atoms with Gasteiger partial charge in [0.1, 0.15) is 16.4 Å². The molecule has 2 aromatic rings. The number of carbonyl (C=O) groups excluding carboxylic acids is 2. The maximum atomic E-state index is 12.0. The summed E-state index contributed by atoms with van der Waals surface area (Å²) in [7, 11) is 0. The van der Waals surface area contributed by atoms with Crippen molar-refractivity contribution in [2.45, 2.75) is 33.3 Å². The average Bonchev–Trinajstić information content (AvgIpc) is 3.10. The lowest BCUT2D eigenvalue weighted by Gasteiger charge is -2.15. The highest BCUT2D eigenvalue weighted by Crippen LogP contribution is 2.18. The van der Waals surface area contributed by atoms with Crippen LogP contribution in [0, 0.1) is 0 Å². The Labute approximate surface area is 149 Å². The summed E-state index contributed by atoms with van der Waals surface area (Å²) in [5.74, 6) is 0.327. The summed E-state index contributed by atoms with van der Waals surface area (Å²) >= 11 is 0.983. The molecule has 134 valence electrons. The molecule has 2 amide bonds. The molecule has 1 aromatic carbocycles. The van der Waals surface area contributed by atoms with E-state index in [0.717, 1.165) is 17.3 Å². The number of amides is 2. The zero-order chi connectivity index (χ0) is 18.2. The molecular formula is C16H20N4O4S. The van der Waals surface area contributed by atoms with Gasteiger partial charge in [0.15, 0.2) is 6.10 Å². The standard InChI is InChI=1S/C16H20N4O4S/c1-4-13-14(25-20-17-13)16(22)19-18-15(21)10(3)24-12-8-6-11(7-9-12)23-5-2/h6-10H,4-5H2,1-3H3,(H,18,21)(H,19,22). The van der Waals surface area contributed by atoms with Crippen LogP contribution in [0.1, 0.15) is 36.1 Å². The lowest BCUT2D eigenvalue weighted by atomic mass is 10.3. The summed E-state index contributed by atoms with van der Waals surface area (Å²) < 4.78 is 14.6. The van der Waals surface area contributed by atoms with E-state index in [-0.39, 0.29) is 0 Å². The Morgan fingerprint density at radius 2 is 1.84 bits per heavy atom. The molecule has 1 unspecified atom stereocenters. The van der Waals surface area contributed by atoms with E-state index in [0.29, 0.717) is 29.3 Å². The Hall–Kier alpha value is -2.68. The van der Waals surface area contributed by atoms with Gasteiger partial charge in [0.05, 0.1) is 12.3 Å². The van der Waals surface area contributed by atoms with Crippen LogP contribution < -0.4 is 20.3 Å². The number of rotatable bonds is 7. The molecule has 0 radical (unpaired) electrons. The molecule has 1 heterocycles. The van der Waals surface area contributed by atoms with Crippen LogP contribution in [0.4, 0.5) is 0 Å². The van der Waals surface area contributed by atoms with Gasteiger partial charge in [0, 0.05) is 0 Å². The third-order valence-corrected chi connectivity index (χ3v) is 3.98. The van der Waals surface area contributed by atoms with E-state index in [9.17, 15) is 9.59 Å². The first-order valence-corrected chi connectivity index (χ1v) is 8.63. The first-order chi connectivity index (χ1) is 12.0. The number of hydrogen-bond donors (Lipinski definition) is 2. The second-order valence-electron chi connectivity index (χ2n) is 5.01. The zero-order valence-corrected chi connectivity index (χ0v) is 15.1. The van der Waals surface area contributed by atoms with Crippen molar-refractivity contribution in [3.05, 3.63) is 34.8 Å². The maximum Gasteiger partial charge on any atom is 0.283 e. The molecule has 1 atom stereocenters. The van der Waals surface area contributed by atoms with Crippen LogP contribution in [-0.2, 0) is 11.2 Å². The summed E-state index contributed by atoms with van der Waals surface area (Å²) in [5, 5.41) is 3.85. The minimum absolute atomic E-state index is 0.378. The molecule has 0 spiro atoms. The summed E-state index contributed by atoms with van der Waals surface area (Å²) in [4.78, 5) is 24.4. The van der Waals surface area contributed by atoms with Crippen LogP contribution in [0.2, 0.25) is 0 Å². The topological polar surface area (TPSA) is 102 Å². The fraction of sp³-hybridized carbons (Fsp3) is 0.375. The number of hydrazine groups is 1. The molecule has 25 heavy (non-hydrogen) atoms. The third kappa shape index (κ3) is 5.15. The number of hydrogen-bond acceptors (Lipinski definition) is 7. The van der Waals surface area contributed by atoms with Gasteiger partial charge in [-0.05, 0) is 56.1 Å². The zero-order valence-electron chi connectivity index (χ0n) is 14.2. The first kappa shape index (κ1) is 18.7. The maximum absolute atomic E-state index is 12.0. The van der Waals surface area contributed by atoms with Gasteiger partial charge in [0.2, 0.25) is 0 Å². The molecule has 9 heteroatoms. The fourth-order valence-electron chi connectivity index (χ4n) is 1.93. The van der Waals surface area contributed by atoms with Gasteiger partial charge in [-0.1, -0.05) is 11.4 Å². The molecule has 2 N–H and O–H groups in total. The van der Waals surface area contributed by atoms with Gasteiger partial charge in [-0.3, -0.25) is 20.4 Å². The number of nitrogens with zero attached hydrogens (tertiary/aromatic N) is 2. The van der Waals surface area contributed by atoms with Crippen LogP contribution in [-0.4, -0.2) is 34.1 Å². The monoisotopic (exact) mass is 364 g/mol. The Morgan fingerprint density at radius 1 is 1.16 bits per heavy atom. The van der Waals surface area contributed by atoms with Gasteiger partial charge in [0.25, 0.3) is 11.8 Å². The smallest absolute Gasteiger partial charge is 0.283 e. The first-order valence-electron chi connectivity index (χ1n) is 7.86. The number of aromatic nitrogens is 2.